The summed E-state index contributed by atoms with van der Waals surface area (Å²) in [7, 11) is 0. The van der Waals surface area contributed by atoms with E-state index in [9.17, 15) is 0 Å². The van der Waals surface area contributed by atoms with Gasteiger partial charge in [-0.3, -0.25) is 0 Å². The van der Waals surface area contributed by atoms with Gasteiger partial charge in [0.15, 0.2) is 0 Å². The molecule has 0 aliphatic heterocycles. The first kappa shape index (κ1) is 13.8. The minimum absolute atomic E-state index is 0.266. The lowest BCUT2D eigenvalue weighted by atomic mass is 10.1. The van der Waals surface area contributed by atoms with E-state index in [0.29, 0.717) is 16.3 Å². The average Bonchev–Trinajstić information content (AvgIpc) is 2.41. The van der Waals surface area contributed by atoms with Gasteiger partial charge >= 0.3 is 0 Å². The molecule has 2 N–H and O–H groups in total. The summed E-state index contributed by atoms with van der Waals surface area (Å²) in [5.41, 5.74) is 7.58. The number of thiocarbonyl (C=S) groups is 1. The van der Waals surface area contributed by atoms with Crippen molar-refractivity contribution in [2.45, 2.75) is 13.3 Å². The molecule has 0 aromatic heterocycles. The molecular weight excluding hydrogens is 278 g/mol. The number of aryl methyl sites for hydroxylation is 1. The molecule has 4 heteroatoms. The highest BCUT2D eigenvalue weighted by Gasteiger charge is 2.08. The molecule has 0 spiro atoms. The van der Waals surface area contributed by atoms with Gasteiger partial charge in [0.25, 0.3) is 0 Å². The van der Waals surface area contributed by atoms with Crippen molar-refractivity contribution in [3.05, 3.63) is 58.6 Å². The van der Waals surface area contributed by atoms with Crippen molar-refractivity contribution in [3.8, 4) is 11.5 Å². The predicted molar refractivity (Wildman–Crippen MR) is 83.2 cm³/mol. The highest BCUT2D eigenvalue weighted by molar-refractivity contribution is 7.80. The smallest absolute Gasteiger partial charge is 0.137 e. The summed E-state index contributed by atoms with van der Waals surface area (Å²) in [4.78, 5) is 0.266. The fourth-order valence-electron chi connectivity index (χ4n) is 1.70. The molecule has 0 unspecified atom stereocenters. The van der Waals surface area contributed by atoms with Gasteiger partial charge in [-0.05, 0) is 42.3 Å². The molecule has 0 fully saturated rings. The third-order valence-corrected chi connectivity index (χ3v) is 3.22. The number of nitrogens with two attached hydrogens (primary N) is 1. The zero-order valence-corrected chi connectivity index (χ0v) is 12.1. The highest BCUT2D eigenvalue weighted by atomic mass is 35.5. The van der Waals surface area contributed by atoms with Gasteiger partial charge in [-0.2, -0.15) is 0 Å². The Morgan fingerprint density at radius 3 is 2.47 bits per heavy atom. The maximum Gasteiger partial charge on any atom is 0.137 e. The zero-order valence-electron chi connectivity index (χ0n) is 10.5. The maximum absolute atomic E-state index is 5.93. The second-order valence-electron chi connectivity index (χ2n) is 4.10. The van der Waals surface area contributed by atoms with Crippen molar-refractivity contribution in [3.63, 3.8) is 0 Å². The van der Waals surface area contributed by atoms with Crippen molar-refractivity contribution >= 4 is 28.8 Å². The topological polar surface area (TPSA) is 35.2 Å². The molecule has 0 heterocycles. The minimum atomic E-state index is 0.266. The summed E-state index contributed by atoms with van der Waals surface area (Å²) >= 11 is 10.9. The predicted octanol–water partition coefficient (Wildman–Crippen LogP) is 4.33. The van der Waals surface area contributed by atoms with E-state index in [1.165, 1.54) is 5.56 Å². The SMILES string of the molecule is CCc1ccc(Oc2ccc(Cl)cc2C(N)=S)cc1. The Morgan fingerprint density at radius 2 is 1.89 bits per heavy atom. The number of hydrogen-bond acceptors (Lipinski definition) is 2. The van der Waals surface area contributed by atoms with Crippen LogP contribution in [-0.2, 0) is 6.42 Å². The number of hydrogen-bond donors (Lipinski definition) is 1. The van der Waals surface area contributed by atoms with Gasteiger partial charge in [-0.1, -0.05) is 42.9 Å². The second-order valence-corrected chi connectivity index (χ2v) is 4.98. The molecule has 0 saturated carbocycles. The minimum Gasteiger partial charge on any atom is -0.457 e. The quantitative estimate of drug-likeness (QED) is 0.852. The van der Waals surface area contributed by atoms with Gasteiger partial charge in [0, 0.05) is 5.02 Å². The molecule has 2 nitrogen and oxygen atoms in total. The third-order valence-electron chi connectivity index (χ3n) is 2.77. The molecule has 0 radical (unpaired) electrons. The molecule has 98 valence electrons. The molecule has 0 aliphatic carbocycles. The van der Waals surface area contributed by atoms with Crippen LogP contribution in [0.4, 0.5) is 0 Å². The van der Waals surface area contributed by atoms with Crippen LogP contribution in [0.25, 0.3) is 0 Å². The van der Waals surface area contributed by atoms with Gasteiger partial charge in [0.05, 0.1) is 5.56 Å². The monoisotopic (exact) mass is 291 g/mol. The standard InChI is InChI=1S/C15H14ClNOS/c1-2-10-3-6-12(7-4-10)18-14-8-5-11(16)9-13(14)15(17)19/h3-9H,2H2,1H3,(H2,17,19). The lowest BCUT2D eigenvalue weighted by molar-refractivity contribution is 0.481. The van der Waals surface area contributed by atoms with Crippen molar-refractivity contribution in [1.29, 1.82) is 0 Å². The van der Waals surface area contributed by atoms with Crippen molar-refractivity contribution in [1.82, 2.24) is 0 Å². The summed E-state index contributed by atoms with van der Waals surface area (Å²) in [6, 6.07) is 13.1. The molecule has 2 aromatic rings. The molecule has 19 heavy (non-hydrogen) atoms. The molecule has 0 aliphatic rings. The Kier molecular flexibility index (Phi) is 4.40. The van der Waals surface area contributed by atoms with E-state index >= 15 is 0 Å². The van der Waals surface area contributed by atoms with E-state index in [4.69, 9.17) is 34.3 Å². The Hall–Kier alpha value is -1.58. The van der Waals surface area contributed by atoms with E-state index < -0.39 is 0 Å². The first-order valence-corrected chi connectivity index (χ1v) is 6.75. The van der Waals surface area contributed by atoms with Gasteiger partial charge in [-0.15, -0.1) is 0 Å². The highest BCUT2D eigenvalue weighted by Crippen LogP contribution is 2.28. The first-order chi connectivity index (χ1) is 9.10. The summed E-state index contributed by atoms with van der Waals surface area (Å²) in [5, 5.41) is 0.580. The van der Waals surface area contributed by atoms with E-state index in [-0.39, 0.29) is 4.99 Å². The normalized spacial score (nSPS) is 10.2. The van der Waals surface area contributed by atoms with Crippen LogP contribution in [0.5, 0.6) is 11.5 Å². The third kappa shape index (κ3) is 3.46. The van der Waals surface area contributed by atoms with Gasteiger partial charge in [-0.25, -0.2) is 0 Å². The Morgan fingerprint density at radius 1 is 1.21 bits per heavy atom. The maximum atomic E-state index is 5.93. The van der Waals surface area contributed by atoms with E-state index in [1.54, 1.807) is 18.2 Å². The number of benzene rings is 2. The van der Waals surface area contributed by atoms with Crippen LogP contribution in [0.2, 0.25) is 5.02 Å². The molecule has 0 bridgehead atoms. The zero-order chi connectivity index (χ0) is 13.8. The Bertz CT molecular complexity index is 596. The van der Waals surface area contributed by atoms with Gasteiger partial charge in [0.1, 0.15) is 16.5 Å². The first-order valence-electron chi connectivity index (χ1n) is 5.96. The van der Waals surface area contributed by atoms with Crippen LogP contribution in [0, 0.1) is 0 Å². The molecule has 0 amide bonds. The van der Waals surface area contributed by atoms with Crippen LogP contribution in [0.15, 0.2) is 42.5 Å². The van der Waals surface area contributed by atoms with Gasteiger partial charge < -0.3 is 10.5 Å². The van der Waals surface area contributed by atoms with Crippen LogP contribution >= 0.6 is 23.8 Å². The number of rotatable bonds is 4. The van der Waals surface area contributed by atoms with Crippen molar-refractivity contribution in [2.75, 3.05) is 0 Å². The largest absolute Gasteiger partial charge is 0.457 e. The van der Waals surface area contributed by atoms with Crippen molar-refractivity contribution < 1.29 is 4.74 Å². The van der Waals surface area contributed by atoms with Crippen molar-refractivity contribution in [2.24, 2.45) is 5.73 Å². The summed E-state index contributed by atoms with van der Waals surface area (Å²) in [5.74, 6) is 1.36. The van der Waals surface area contributed by atoms with Crippen LogP contribution in [-0.4, -0.2) is 4.99 Å². The lowest BCUT2D eigenvalue weighted by Crippen LogP contribution is -2.10. The molecule has 2 rings (SSSR count). The number of halogens is 1. The van der Waals surface area contributed by atoms with E-state index in [1.807, 2.05) is 24.3 Å². The second kappa shape index (κ2) is 6.04. The Balaban J connectivity index is 2.29. The van der Waals surface area contributed by atoms with E-state index in [2.05, 4.69) is 6.92 Å². The number of ether oxygens (including phenoxy) is 1. The Labute approximate surface area is 123 Å². The summed E-state index contributed by atoms with van der Waals surface area (Å²) < 4.78 is 5.80. The average molecular weight is 292 g/mol. The van der Waals surface area contributed by atoms with Crippen LogP contribution < -0.4 is 10.5 Å². The van der Waals surface area contributed by atoms with E-state index in [0.717, 1.165) is 12.2 Å². The fraction of sp³-hybridized carbons (Fsp3) is 0.133. The van der Waals surface area contributed by atoms with Crippen LogP contribution in [0.1, 0.15) is 18.1 Å². The lowest BCUT2D eigenvalue weighted by Gasteiger charge is -2.11. The van der Waals surface area contributed by atoms with Gasteiger partial charge in [0.2, 0.25) is 0 Å². The molecular formula is C15H14ClNOS. The van der Waals surface area contributed by atoms with Crippen LogP contribution in [0.3, 0.4) is 0 Å². The molecule has 0 atom stereocenters. The summed E-state index contributed by atoms with van der Waals surface area (Å²) in [6.45, 7) is 2.11. The fourth-order valence-corrected chi connectivity index (χ4v) is 2.04. The molecule has 2 aromatic carbocycles. The summed E-state index contributed by atoms with van der Waals surface area (Å²) in [6.07, 6.45) is 0.999. The molecule has 0 saturated heterocycles.